The van der Waals surface area contributed by atoms with Gasteiger partial charge in [0.2, 0.25) is 0 Å². The molecule has 0 N–H and O–H groups in total. The highest BCUT2D eigenvalue weighted by atomic mass is 35.5. The van der Waals surface area contributed by atoms with Gasteiger partial charge in [-0.05, 0) is 30.7 Å². The smallest absolute Gasteiger partial charge is 0.286 e. The zero-order valence-electron chi connectivity index (χ0n) is 7.15. The van der Waals surface area contributed by atoms with Crippen LogP contribution in [0.4, 0.5) is 13.2 Å². The van der Waals surface area contributed by atoms with Crippen molar-refractivity contribution in [2.75, 3.05) is 0 Å². The summed E-state index contributed by atoms with van der Waals surface area (Å²) in [4.78, 5) is 10.9. The standard InChI is InChI=1S/C9H6ClF3O/c1-5-2-3-7(11)6(4-5)8(14)9(10,12)13/h2-4H,1H3. The van der Waals surface area contributed by atoms with Gasteiger partial charge in [-0.15, -0.1) is 0 Å². The van der Waals surface area contributed by atoms with Crippen molar-refractivity contribution < 1.29 is 18.0 Å². The molecule has 5 heteroatoms. The number of Topliss-reactive ketones (excluding diaryl/α,β-unsaturated/α-hetero) is 1. The first kappa shape index (κ1) is 11.0. The predicted octanol–water partition coefficient (Wildman–Crippen LogP) is 3.15. The molecule has 1 rings (SSSR count). The summed E-state index contributed by atoms with van der Waals surface area (Å²) in [5.74, 6) is -2.72. The Balaban J connectivity index is 3.19. The van der Waals surface area contributed by atoms with Gasteiger partial charge in [-0.2, -0.15) is 8.78 Å². The van der Waals surface area contributed by atoms with Gasteiger partial charge in [-0.3, -0.25) is 4.79 Å². The summed E-state index contributed by atoms with van der Waals surface area (Å²) in [6.45, 7) is 1.56. The minimum atomic E-state index is -4.06. The fourth-order valence-corrected chi connectivity index (χ4v) is 1.07. The highest BCUT2D eigenvalue weighted by Gasteiger charge is 2.38. The largest absolute Gasteiger partial charge is 0.385 e. The molecule has 0 saturated heterocycles. The first-order valence-electron chi connectivity index (χ1n) is 3.70. The summed E-state index contributed by atoms with van der Waals surface area (Å²) in [6, 6.07) is 3.36. The number of ketones is 1. The van der Waals surface area contributed by atoms with Crippen molar-refractivity contribution in [3.05, 3.63) is 35.1 Å². The zero-order chi connectivity index (χ0) is 10.9. The fourth-order valence-electron chi connectivity index (χ4n) is 0.966. The highest BCUT2D eigenvalue weighted by Crippen LogP contribution is 2.26. The molecular formula is C9H6ClF3O. The molecule has 1 aromatic carbocycles. The molecule has 0 amide bonds. The van der Waals surface area contributed by atoms with Crippen LogP contribution in [0.1, 0.15) is 15.9 Å². The molecule has 0 heterocycles. The first-order chi connectivity index (χ1) is 6.32. The minimum absolute atomic E-state index is 0.510. The summed E-state index contributed by atoms with van der Waals surface area (Å²) in [5.41, 5.74) is -0.180. The SMILES string of the molecule is Cc1ccc(F)c(C(=O)C(F)(F)Cl)c1. The van der Waals surface area contributed by atoms with E-state index in [0.29, 0.717) is 5.56 Å². The van der Waals surface area contributed by atoms with Gasteiger partial charge in [0.25, 0.3) is 5.78 Å². The number of hydrogen-bond acceptors (Lipinski definition) is 1. The number of alkyl halides is 3. The van der Waals surface area contributed by atoms with E-state index in [-0.39, 0.29) is 0 Å². The number of rotatable bonds is 2. The maximum Gasteiger partial charge on any atom is 0.385 e. The van der Waals surface area contributed by atoms with Gasteiger partial charge in [-0.1, -0.05) is 11.6 Å². The molecule has 0 aliphatic rings. The normalized spacial score (nSPS) is 11.5. The van der Waals surface area contributed by atoms with Crippen LogP contribution in [0.5, 0.6) is 0 Å². The monoisotopic (exact) mass is 222 g/mol. The Bertz CT molecular complexity index is 371. The van der Waals surface area contributed by atoms with Gasteiger partial charge in [0, 0.05) is 0 Å². The predicted molar refractivity (Wildman–Crippen MR) is 46.3 cm³/mol. The Morgan fingerprint density at radius 1 is 1.43 bits per heavy atom. The maximum atomic E-state index is 12.9. The van der Waals surface area contributed by atoms with E-state index in [4.69, 9.17) is 0 Å². The number of hydrogen-bond donors (Lipinski definition) is 0. The van der Waals surface area contributed by atoms with E-state index in [2.05, 4.69) is 11.6 Å². The number of benzene rings is 1. The van der Waals surface area contributed by atoms with Crippen LogP contribution in [0.25, 0.3) is 0 Å². The lowest BCUT2D eigenvalue weighted by atomic mass is 10.1. The third-order valence-electron chi connectivity index (χ3n) is 1.62. The average Bonchev–Trinajstić information content (AvgIpc) is 2.06. The van der Waals surface area contributed by atoms with Crippen LogP contribution in [0.3, 0.4) is 0 Å². The molecule has 0 aliphatic heterocycles. The van der Waals surface area contributed by atoms with Gasteiger partial charge in [0.05, 0.1) is 5.56 Å². The third-order valence-corrected chi connectivity index (χ3v) is 1.80. The van der Waals surface area contributed by atoms with E-state index in [1.807, 2.05) is 0 Å². The summed E-state index contributed by atoms with van der Waals surface area (Å²) >= 11 is 4.49. The molecule has 0 fully saturated rings. The molecule has 0 radical (unpaired) electrons. The third kappa shape index (κ3) is 2.26. The van der Waals surface area contributed by atoms with Crippen molar-refractivity contribution in [2.45, 2.75) is 12.3 Å². The number of halogens is 4. The van der Waals surface area contributed by atoms with Gasteiger partial charge < -0.3 is 0 Å². The van der Waals surface area contributed by atoms with Gasteiger partial charge in [0.1, 0.15) is 5.82 Å². The topological polar surface area (TPSA) is 17.1 Å². The van der Waals surface area contributed by atoms with E-state index in [1.165, 1.54) is 6.07 Å². The molecule has 1 aromatic rings. The Kier molecular flexibility index (Phi) is 2.85. The van der Waals surface area contributed by atoms with Crippen LogP contribution in [-0.2, 0) is 0 Å². The van der Waals surface area contributed by atoms with Gasteiger partial charge >= 0.3 is 5.38 Å². The second-order valence-electron chi connectivity index (χ2n) is 2.81. The van der Waals surface area contributed by atoms with Crippen LogP contribution in [0.2, 0.25) is 0 Å². The molecule has 14 heavy (non-hydrogen) atoms. The number of carbonyl (C=O) groups excluding carboxylic acids is 1. The Morgan fingerprint density at radius 3 is 2.50 bits per heavy atom. The Morgan fingerprint density at radius 2 is 2.00 bits per heavy atom. The highest BCUT2D eigenvalue weighted by molar-refractivity contribution is 6.35. The minimum Gasteiger partial charge on any atom is -0.286 e. The summed E-state index contributed by atoms with van der Waals surface area (Å²) in [6.07, 6.45) is 0. The Hall–Kier alpha value is -1.03. The lowest BCUT2D eigenvalue weighted by Gasteiger charge is -2.07. The van der Waals surface area contributed by atoms with Crippen molar-refractivity contribution in [3.8, 4) is 0 Å². The van der Waals surface area contributed by atoms with E-state index >= 15 is 0 Å². The molecule has 1 nitrogen and oxygen atoms in total. The first-order valence-corrected chi connectivity index (χ1v) is 4.08. The van der Waals surface area contributed by atoms with E-state index in [9.17, 15) is 18.0 Å². The number of aryl methyl sites for hydroxylation is 1. The maximum absolute atomic E-state index is 12.9. The summed E-state index contributed by atoms with van der Waals surface area (Å²) in [5, 5.41) is -4.06. The second-order valence-corrected chi connectivity index (χ2v) is 3.28. The fraction of sp³-hybridized carbons (Fsp3) is 0.222. The van der Waals surface area contributed by atoms with Crippen LogP contribution in [-0.4, -0.2) is 11.2 Å². The van der Waals surface area contributed by atoms with Crippen LogP contribution < -0.4 is 0 Å². The molecular weight excluding hydrogens is 217 g/mol. The van der Waals surface area contributed by atoms with E-state index in [0.717, 1.165) is 12.1 Å². The van der Waals surface area contributed by atoms with E-state index in [1.54, 1.807) is 6.92 Å². The second kappa shape index (κ2) is 3.61. The lowest BCUT2D eigenvalue weighted by Crippen LogP contribution is -2.22. The van der Waals surface area contributed by atoms with Crippen molar-refractivity contribution in [1.29, 1.82) is 0 Å². The molecule has 0 bridgehead atoms. The van der Waals surface area contributed by atoms with Crippen LogP contribution in [0, 0.1) is 12.7 Å². The summed E-state index contributed by atoms with van der Waals surface area (Å²) in [7, 11) is 0. The van der Waals surface area contributed by atoms with Gasteiger partial charge in [0.15, 0.2) is 0 Å². The molecule has 76 valence electrons. The molecule has 0 atom stereocenters. The van der Waals surface area contributed by atoms with Crippen LogP contribution in [0.15, 0.2) is 18.2 Å². The molecule has 0 saturated carbocycles. The molecule has 0 spiro atoms. The quantitative estimate of drug-likeness (QED) is 0.555. The number of carbonyl (C=O) groups is 1. The molecule has 0 unspecified atom stereocenters. The summed E-state index contributed by atoms with van der Waals surface area (Å²) < 4.78 is 37.7. The molecule has 0 aliphatic carbocycles. The van der Waals surface area contributed by atoms with Crippen LogP contribution >= 0.6 is 11.6 Å². The van der Waals surface area contributed by atoms with Gasteiger partial charge in [-0.25, -0.2) is 4.39 Å². The van der Waals surface area contributed by atoms with Crippen molar-refractivity contribution >= 4 is 17.4 Å². The van der Waals surface area contributed by atoms with Crippen molar-refractivity contribution in [3.63, 3.8) is 0 Å². The van der Waals surface area contributed by atoms with Crippen molar-refractivity contribution in [1.82, 2.24) is 0 Å². The molecule has 0 aromatic heterocycles. The zero-order valence-corrected chi connectivity index (χ0v) is 7.91. The average molecular weight is 223 g/mol. The van der Waals surface area contributed by atoms with E-state index < -0.39 is 22.5 Å². The van der Waals surface area contributed by atoms with Crippen molar-refractivity contribution in [2.24, 2.45) is 0 Å². The lowest BCUT2D eigenvalue weighted by molar-refractivity contribution is 0.0531. The Labute approximate surface area is 83.5 Å².